The molecule has 22 heavy (non-hydrogen) atoms. The summed E-state index contributed by atoms with van der Waals surface area (Å²) in [5.74, 6) is 1.32. The number of unbranched alkanes of at least 4 members (excludes halogenated alkanes) is 2. The molecule has 0 spiro atoms. The van der Waals surface area contributed by atoms with Crippen molar-refractivity contribution >= 4 is 17.4 Å². The molecule has 0 saturated heterocycles. The topological polar surface area (TPSA) is 3.24 Å². The van der Waals surface area contributed by atoms with Gasteiger partial charge in [0.05, 0.1) is 0 Å². The minimum absolute atomic E-state index is 0.577. The van der Waals surface area contributed by atoms with Crippen molar-refractivity contribution in [1.29, 1.82) is 0 Å². The molecule has 0 aromatic heterocycles. The van der Waals surface area contributed by atoms with Crippen LogP contribution in [0.25, 0.3) is 0 Å². The van der Waals surface area contributed by atoms with Crippen LogP contribution in [0.5, 0.6) is 0 Å². The molecule has 0 radical (unpaired) electrons. The van der Waals surface area contributed by atoms with Crippen LogP contribution in [-0.2, 0) is 6.42 Å². The van der Waals surface area contributed by atoms with Gasteiger partial charge in [0.15, 0.2) is 0 Å². The number of thioether (sulfide) groups is 1. The number of anilines is 1. The number of nitrogens with zero attached hydrogens (tertiary/aromatic N) is 1. The van der Waals surface area contributed by atoms with Gasteiger partial charge in [-0.15, -0.1) is 11.8 Å². The van der Waals surface area contributed by atoms with Crippen molar-refractivity contribution in [3.63, 3.8) is 0 Å². The molecule has 0 fully saturated rings. The lowest BCUT2D eigenvalue weighted by molar-refractivity contribution is 0.244. The molecule has 1 nitrogen and oxygen atoms in total. The molecule has 1 aliphatic heterocycles. The predicted molar refractivity (Wildman–Crippen MR) is 101 cm³/mol. The number of hydrogen-bond donors (Lipinski definition) is 0. The summed E-state index contributed by atoms with van der Waals surface area (Å²) in [5, 5.41) is 0. The molecule has 1 heterocycles. The zero-order chi connectivity index (χ0) is 16.0. The van der Waals surface area contributed by atoms with Crippen LogP contribution in [0.1, 0.15) is 64.4 Å². The highest BCUT2D eigenvalue weighted by Gasteiger charge is 2.31. The van der Waals surface area contributed by atoms with Crippen molar-refractivity contribution in [3.8, 4) is 0 Å². The zero-order valence-corrected chi connectivity index (χ0v) is 15.8. The molecule has 0 unspecified atom stereocenters. The first-order chi connectivity index (χ1) is 10.6. The first kappa shape index (κ1) is 17.7. The molecule has 0 atom stereocenters. The van der Waals surface area contributed by atoms with E-state index in [9.17, 15) is 0 Å². The first-order valence-corrected chi connectivity index (χ1v) is 10.0. The van der Waals surface area contributed by atoms with Gasteiger partial charge >= 0.3 is 0 Å². The summed E-state index contributed by atoms with van der Waals surface area (Å²) in [6.45, 7) is 4.66. The SMILES string of the molecule is CCCCC1(CCCC)CCc2cc(N(C)C)ccc2SC1. The van der Waals surface area contributed by atoms with Gasteiger partial charge in [-0.3, -0.25) is 0 Å². The Morgan fingerprint density at radius 2 is 1.77 bits per heavy atom. The summed E-state index contributed by atoms with van der Waals surface area (Å²) in [6, 6.07) is 7.04. The molecule has 2 heteroatoms. The fourth-order valence-electron chi connectivity index (χ4n) is 3.51. The summed E-state index contributed by atoms with van der Waals surface area (Å²) >= 11 is 2.12. The molecule has 1 aliphatic rings. The van der Waals surface area contributed by atoms with Crippen LogP contribution in [-0.4, -0.2) is 19.8 Å². The zero-order valence-electron chi connectivity index (χ0n) is 15.0. The fourth-order valence-corrected chi connectivity index (χ4v) is 4.91. The number of aryl methyl sites for hydroxylation is 1. The van der Waals surface area contributed by atoms with E-state index in [1.807, 2.05) is 0 Å². The van der Waals surface area contributed by atoms with Crippen LogP contribution in [0.15, 0.2) is 23.1 Å². The molecular weight excluding hydrogens is 286 g/mol. The Bertz CT molecular complexity index is 459. The molecular formula is C20H33NS. The van der Waals surface area contributed by atoms with Gasteiger partial charge in [-0.1, -0.05) is 39.5 Å². The highest BCUT2D eigenvalue weighted by atomic mass is 32.2. The van der Waals surface area contributed by atoms with E-state index in [0.29, 0.717) is 5.41 Å². The molecule has 0 amide bonds. The maximum Gasteiger partial charge on any atom is 0.0364 e. The fraction of sp³-hybridized carbons (Fsp3) is 0.700. The first-order valence-electron chi connectivity index (χ1n) is 9.03. The summed E-state index contributed by atoms with van der Waals surface area (Å²) in [5.41, 5.74) is 3.49. The third-order valence-electron chi connectivity index (χ3n) is 5.14. The standard InChI is InChI=1S/C20H33NS/c1-5-7-12-20(13-8-6-2)14-11-17-15-18(21(3)4)9-10-19(17)22-16-20/h9-10,15H,5-8,11-14,16H2,1-4H3. The minimum Gasteiger partial charge on any atom is -0.378 e. The van der Waals surface area contributed by atoms with Gasteiger partial charge < -0.3 is 4.90 Å². The summed E-state index contributed by atoms with van der Waals surface area (Å²) < 4.78 is 0. The molecule has 2 rings (SSSR count). The average Bonchev–Trinajstić information content (AvgIpc) is 2.71. The van der Waals surface area contributed by atoms with Crippen molar-refractivity contribution < 1.29 is 0 Å². The van der Waals surface area contributed by atoms with Crippen molar-refractivity contribution in [1.82, 2.24) is 0 Å². The van der Waals surface area contributed by atoms with Gasteiger partial charge in [0.2, 0.25) is 0 Å². The molecule has 0 bridgehead atoms. The van der Waals surface area contributed by atoms with E-state index in [1.54, 1.807) is 5.56 Å². The second kappa shape index (κ2) is 8.29. The van der Waals surface area contributed by atoms with Gasteiger partial charge in [0, 0.05) is 30.4 Å². The molecule has 1 aromatic carbocycles. The van der Waals surface area contributed by atoms with Gasteiger partial charge in [-0.2, -0.15) is 0 Å². The Labute approximate surface area is 141 Å². The number of rotatable bonds is 7. The van der Waals surface area contributed by atoms with E-state index in [1.165, 1.54) is 67.7 Å². The lowest BCUT2D eigenvalue weighted by atomic mass is 9.75. The smallest absolute Gasteiger partial charge is 0.0364 e. The Hall–Kier alpha value is -0.630. The second-order valence-electron chi connectivity index (χ2n) is 7.18. The Morgan fingerprint density at radius 1 is 1.09 bits per heavy atom. The van der Waals surface area contributed by atoms with Crippen LogP contribution in [0.4, 0.5) is 5.69 Å². The maximum absolute atomic E-state index is 2.41. The lowest BCUT2D eigenvalue weighted by Crippen LogP contribution is -2.24. The van der Waals surface area contributed by atoms with Gasteiger partial charge in [-0.05, 0) is 54.9 Å². The normalized spacial score (nSPS) is 16.9. The Balaban J connectivity index is 2.15. The van der Waals surface area contributed by atoms with Crippen molar-refractivity contribution in [2.75, 3.05) is 24.7 Å². The highest BCUT2D eigenvalue weighted by Crippen LogP contribution is 2.45. The molecule has 0 aliphatic carbocycles. The average molecular weight is 320 g/mol. The van der Waals surface area contributed by atoms with Gasteiger partial charge in [0.25, 0.3) is 0 Å². The molecule has 124 valence electrons. The van der Waals surface area contributed by atoms with Crippen molar-refractivity contribution in [2.45, 2.75) is 70.1 Å². The van der Waals surface area contributed by atoms with Gasteiger partial charge in [0.1, 0.15) is 0 Å². The summed E-state index contributed by atoms with van der Waals surface area (Å²) in [4.78, 5) is 3.75. The Morgan fingerprint density at radius 3 is 2.36 bits per heavy atom. The monoisotopic (exact) mass is 319 g/mol. The highest BCUT2D eigenvalue weighted by molar-refractivity contribution is 7.99. The maximum atomic E-state index is 2.41. The van der Waals surface area contributed by atoms with Crippen molar-refractivity contribution in [3.05, 3.63) is 23.8 Å². The molecule has 1 aromatic rings. The number of benzene rings is 1. The van der Waals surface area contributed by atoms with E-state index in [-0.39, 0.29) is 0 Å². The van der Waals surface area contributed by atoms with Crippen LogP contribution in [0.2, 0.25) is 0 Å². The quantitative estimate of drug-likeness (QED) is 0.592. The second-order valence-corrected chi connectivity index (χ2v) is 8.20. The number of hydrogen-bond acceptors (Lipinski definition) is 2. The minimum atomic E-state index is 0.577. The predicted octanol–water partition coefficient (Wildman–Crippen LogP) is 6.16. The van der Waals surface area contributed by atoms with Crippen molar-refractivity contribution in [2.24, 2.45) is 5.41 Å². The molecule has 0 saturated carbocycles. The summed E-state index contributed by atoms with van der Waals surface area (Å²) in [6.07, 6.45) is 10.9. The van der Waals surface area contributed by atoms with E-state index in [2.05, 4.69) is 62.8 Å². The van der Waals surface area contributed by atoms with Crippen LogP contribution in [0.3, 0.4) is 0 Å². The van der Waals surface area contributed by atoms with Crippen LogP contribution < -0.4 is 4.90 Å². The third kappa shape index (κ3) is 4.44. The summed E-state index contributed by atoms with van der Waals surface area (Å²) in [7, 11) is 4.27. The third-order valence-corrected chi connectivity index (χ3v) is 6.61. The van der Waals surface area contributed by atoms with E-state index in [4.69, 9.17) is 0 Å². The van der Waals surface area contributed by atoms with Crippen LogP contribution >= 0.6 is 11.8 Å². The van der Waals surface area contributed by atoms with Crippen LogP contribution in [0, 0.1) is 5.41 Å². The molecule has 0 N–H and O–H groups in total. The number of fused-ring (bicyclic) bond motifs is 1. The van der Waals surface area contributed by atoms with E-state index in [0.717, 1.165) is 0 Å². The van der Waals surface area contributed by atoms with E-state index < -0.39 is 0 Å². The largest absolute Gasteiger partial charge is 0.378 e. The van der Waals surface area contributed by atoms with E-state index >= 15 is 0 Å². The Kier molecular flexibility index (Phi) is 6.67. The van der Waals surface area contributed by atoms with Gasteiger partial charge in [-0.25, -0.2) is 0 Å². The lowest BCUT2D eigenvalue weighted by Gasteiger charge is -2.32.